The summed E-state index contributed by atoms with van der Waals surface area (Å²) in [6, 6.07) is 22.7. The zero-order chi connectivity index (χ0) is 24.0. The minimum absolute atomic E-state index is 0.206. The van der Waals surface area contributed by atoms with E-state index in [2.05, 4.69) is 25.5 Å². The van der Waals surface area contributed by atoms with Gasteiger partial charge < -0.3 is 20.3 Å². The molecule has 0 unspecified atom stereocenters. The third-order valence-corrected chi connectivity index (χ3v) is 5.66. The number of nitrogens with one attached hydrogen (secondary N) is 2. The van der Waals surface area contributed by atoms with Crippen molar-refractivity contribution in [2.45, 2.75) is 0 Å². The highest BCUT2D eigenvalue weighted by atomic mass is 19.1. The molecule has 2 heterocycles. The normalized spacial score (nSPS) is 13.3. The van der Waals surface area contributed by atoms with Gasteiger partial charge in [-0.1, -0.05) is 6.07 Å². The number of nitrogens with zero attached hydrogens (tertiary/aromatic N) is 3. The Bertz CT molecular complexity index is 1310. The summed E-state index contributed by atoms with van der Waals surface area (Å²) in [4.78, 5) is 23.9. The van der Waals surface area contributed by atoms with Crippen LogP contribution in [0.25, 0.3) is 11.4 Å². The van der Waals surface area contributed by atoms with Gasteiger partial charge in [0, 0.05) is 47.5 Å². The summed E-state index contributed by atoms with van der Waals surface area (Å²) >= 11 is 0. The van der Waals surface area contributed by atoms with Crippen molar-refractivity contribution < 1.29 is 13.9 Å². The number of rotatable bonds is 6. The Morgan fingerprint density at radius 3 is 2.46 bits per heavy atom. The van der Waals surface area contributed by atoms with Crippen LogP contribution in [0, 0.1) is 5.82 Å². The van der Waals surface area contributed by atoms with E-state index in [9.17, 15) is 9.18 Å². The number of hydrogen-bond donors (Lipinski definition) is 2. The van der Waals surface area contributed by atoms with E-state index in [1.54, 1.807) is 42.6 Å². The largest absolute Gasteiger partial charge is 0.378 e. The van der Waals surface area contributed by atoms with Gasteiger partial charge in [-0.3, -0.25) is 4.79 Å². The van der Waals surface area contributed by atoms with Gasteiger partial charge in [0.2, 0.25) is 0 Å². The molecule has 1 aromatic heterocycles. The molecule has 0 radical (unpaired) electrons. The van der Waals surface area contributed by atoms with Crippen molar-refractivity contribution in [1.82, 2.24) is 9.97 Å². The first-order valence-corrected chi connectivity index (χ1v) is 11.3. The fourth-order valence-electron chi connectivity index (χ4n) is 3.83. The molecule has 3 aromatic carbocycles. The summed E-state index contributed by atoms with van der Waals surface area (Å²) in [7, 11) is 0. The minimum Gasteiger partial charge on any atom is -0.378 e. The molecule has 0 saturated carbocycles. The zero-order valence-electron chi connectivity index (χ0n) is 18.9. The van der Waals surface area contributed by atoms with Crippen molar-refractivity contribution in [2.24, 2.45) is 0 Å². The second-order valence-electron chi connectivity index (χ2n) is 8.08. The lowest BCUT2D eigenvalue weighted by Gasteiger charge is -2.28. The van der Waals surface area contributed by atoms with Crippen molar-refractivity contribution >= 4 is 28.8 Å². The summed E-state index contributed by atoms with van der Waals surface area (Å²) in [5, 5.41) is 6.16. The molecule has 35 heavy (non-hydrogen) atoms. The second-order valence-corrected chi connectivity index (χ2v) is 8.08. The summed E-state index contributed by atoms with van der Waals surface area (Å²) < 4.78 is 18.6. The molecule has 1 fully saturated rings. The van der Waals surface area contributed by atoms with Crippen LogP contribution in [0.4, 0.5) is 27.3 Å². The van der Waals surface area contributed by atoms with Gasteiger partial charge in [0.1, 0.15) is 11.6 Å². The first-order chi connectivity index (χ1) is 17.1. The Balaban J connectivity index is 1.25. The number of amides is 1. The van der Waals surface area contributed by atoms with E-state index in [0.29, 0.717) is 28.5 Å². The second kappa shape index (κ2) is 10.3. The Kier molecular flexibility index (Phi) is 6.63. The van der Waals surface area contributed by atoms with Crippen LogP contribution < -0.4 is 15.5 Å². The molecular formula is C27H24FN5O2. The molecular weight excluding hydrogens is 445 g/mol. The molecule has 1 aliphatic heterocycles. The van der Waals surface area contributed by atoms with E-state index < -0.39 is 0 Å². The van der Waals surface area contributed by atoms with Crippen molar-refractivity contribution in [3.8, 4) is 11.4 Å². The number of carbonyl (C=O) groups excluding carboxylic acids is 1. The van der Waals surface area contributed by atoms with Crippen LogP contribution in [0.15, 0.2) is 85.1 Å². The van der Waals surface area contributed by atoms with Crippen molar-refractivity contribution in [3.63, 3.8) is 0 Å². The number of anilines is 4. The molecule has 5 rings (SSSR count). The molecule has 4 aromatic rings. The molecule has 176 valence electrons. The van der Waals surface area contributed by atoms with Gasteiger partial charge >= 0.3 is 0 Å². The van der Waals surface area contributed by atoms with Gasteiger partial charge in [-0.15, -0.1) is 0 Å². The van der Waals surface area contributed by atoms with E-state index in [1.807, 2.05) is 30.3 Å². The van der Waals surface area contributed by atoms with Gasteiger partial charge in [-0.2, -0.15) is 0 Å². The highest BCUT2D eigenvalue weighted by molar-refractivity contribution is 6.05. The Labute approximate surface area is 202 Å². The smallest absolute Gasteiger partial charge is 0.255 e. The van der Waals surface area contributed by atoms with Crippen LogP contribution in [0.3, 0.4) is 0 Å². The number of aromatic nitrogens is 2. The van der Waals surface area contributed by atoms with Crippen LogP contribution in [0.2, 0.25) is 0 Å². The Morgan fingerprint density at radius 1 is 0.914 bits per heavy atom. The van der Waals surface area contributed by atoms with Gasteiger partial charge in [0.25, 0.3) is 5.91 Å². The Hall–Kier alpha value is -4.30. The first-order valence-electron chi connectivity index (χ1n) is 11.3. The van der Waals surface area contributed by atoms with Crippen LogP contribution in [-0.4, -0.2) is 42.2 Å². The highest BCUT2D eigenvalue weighted by Crippen LogP contribution is 2.22. The number of benzene rings is 3. The monoisotopic (exact) mass is 469 g/mol. The standard InChI is InChI=1S/C27H24FN5O2/c28-21-6-4-19(5-7-21)26-29-13-12-25(32-26)30-23-3-1-2-20(18-23)27(34)31-22-8-10-24(11-9-22)33-14-16-35-17-15-33/h1-13,18H,14-17H2,(H,31,34)(H,29,30,32). The topological polar surface area (TPSA) is 79.4 Å². The van der Waals surface area contributed by atoms with Crippen molar-refractivity contribution in [3.05, 3.63) is 96.4 Å². The lowest BCUT2D eigenvalue weighted by Crippen LogP contribution is -2.36. The number of hydrogen-bond acceptors (Lipinski definition) is 6. The van der Waals surface area contributed by atoms with Crippen LogP contribution in [-0.2, 0) is 4.74 Å². The van der Waals surface area contributed by atoms with E-state index in [-0.39, 0.29) is 11.7 Å². The van der Waals surface area contributed by atoms with E-state index >= 15 is 0 Å². The third-order valence-electron chi connectivity index (χ3n) is 5.66. The molecule has 0 atom stereocenters. The first kappa shape index (κ1) is 22.5. The summed E-state index contributed by atoms with van der Waals surface area (Å²) in [5.74, 6) is 0.522. The molecule has 7 nitrogen and oxygen atoms in total. The minimum atomic E-state index is -0.314. The number of morpholine rings is 1. The molecule has 0 spiro atoms. The Morgan fingerprint density at radius 2 is 1.69 bits per heavy atom. The lowest BCUT2D eigenvalue weighted by molar-refractivity contribution is 0.102. The van der Waals surface area contributed by atoms with Crippen LogP contribution >= 0.6 is 0 Å². The molecule has 0 aliphatic carbocycles. The molecule has 1 amide bonds. The maximum atomic E-state index is 13.2. The molecule has 1 saturated heterocycles. The third kappa shape index (κ3) is 5.62. The predicted octanol–water partition coefficient (Wildman–Crippen LogP) is 5.12. The average Bonchev–Trinajstić information content (AvgIpc) is 2.90. The van der Waals surface area contributed by atoms with E-state index in [1.165, 1.54) is 12.1 Å². The van der Waals surface area contributed by atoms with Gasteiger partial charge in [0.15, 0.2) is 5.82 Å². The maximum absolute atomic E-state index is 13.2. The van der Waals surface area contributed by atoms with E-state index in [0.717, 1.165) is 37.7 Å². The summed E-state index contributed by atoms with van der Waals surface area (Å²) in [6.45, 7) is 3.18. The number of ether oxygens (including phenoxy) is 1. The van der Waals surface area contributed by atoms with Crippen molar-refractivity contribution in [2.75, 3.05) is 41.8 Å². The number of halogens is 1. The average molecular weight is 470 g/mol. The fourth-order valence-corrected chi connectivity index (χ4v) is 3.83. The predicted molar refractivity (Wildman–Crippen MR) is 135 cm³/mol. The fraction of sp³-hybridized carbons (Fsp3) is 0.148. The van der Waals surface area contributed by atoms with Gasteiger partial charge in [-0.25, -0.2) is 14.4 Å². The van der Waals surface area contributed by atoms with Gasteiger partial charge in [0.05, 0.1) is 13.2 Å². The molecule has 0 bridgehead atoms. The quantitative estimate of drug-likeness (QED) is 0.408. The number of carbonyl (C=O) groups is 1. The SMILES string of the molecule is O=C(Nc1ccc(N2CCOCC2)cc1)c1cccc(Nc2ccnc(-c3ccc(F)cc3)n2)c1. The zero-order valence-corrected chi connectivity index (χ0v) is 18.9. The molecule has 1 aliphatic rings. The van der Waals surface area contributed by atoms with Crippen molar-refractivity contribution in [1.29, 1.82) is 0 Å². The van der Waals surface area contributed by atoms with Crippen LogP contribution in [0.5, 0.6) is 0 Å². The molecule has 8 heteroatoms. The maximum Gasteiger partial charge on any atom is 0.255 e. The summed E-state index contributed by atoms with van der Waals surface area (Å²) in [5.41, 5.74) is 3.78. The van der Waals surface area contributed by atoms with E-state index in [4.69, 9.17) is 4.74 Å². The highest BCUT2D eigenvalue weighted by Gasteiger charge is 2.12. The lowest BCUT2D eigenvalue weighted by atomic mass is 10.1. The summed E-state index contributed by atoms with van der Waals surface area (Å²) in [6.07, 6.45) is 1.63. The molecule has 2 N–H and O–H groups in total. The van der Waals surface area contributed by atoms with Gasteiger partial charge in [-0.05, 0) is 72.8 Å². The van der Waals surface area contributed by atoms with Crippen LogP contribution in [0.1, 0.15) is 10.4 Å².